The molecule has 0 aliphatic carbocycles. The summed E-state index contributed by atoms with van der Waals surface area (Å²) >= 11 is 0. The molecule has 2 atom stereocenters. The summed E-state index contributed by atoms with van der Waals surface area (Å²) in [5.74, 6) is 0.298. The fourth-order valence-corrected chi connectivity index (χ4v) is 1.85. The van der Waals surface area contributed by atoms with Gasteiger partial charge in [0, 0.05) is 11.5 Å². The van der Waals surface area contributed by atoms with Crippen molar-refractivity contribution in [2.45, 2.75) is 71.9 Å². The molecule has 1 heterocycles. The molecule has 21 heavy (non-hydrogen) atoms. The van der Waals surface area contributed by atoms with Crippen molar-refractivity contribution in [1.82, 2.24) is 15.5 Å². The van der Waals surface area contributed by atoms with Gasteiger partial charge in [-0.25, -0.2) is 0 Å². The van der Waals surface area contributed by atoms with Crippen LogP contribution in [0.5, 0.6) is 0 Å². The Balaban J connectivity index is 2.28. The number of rotatable bonds is 8. The molecule has 1 aromatic heterocycles. The highest BCUT2D eigenvalue weighted by Gasteiger charge is 2.21. The second kappa shape index (κ2) is 7.54. The van der Waals surface area contributed by atoms with Crippen LogP contribution in [0.4, 0.5) is 0 Å². The molecular weight excluding hydrogens is 270 g/mol. The SMILES string of the molecule is CC(CCCC(C)C(=O)O)NCc1nc(C(C)(C)C)no1. The van der Waals surface area contributed by atoms with E-state index in [2.05, 4.69) is 22.4 Å². The van der Waals surface area contributed by atoms with E-state index in [9.17, 15) is 4.79 Å². The molecular formula is C15H27N3O3. The van der Waals surface area contributed by atoms with Crippen LogP contribution < -0.4 is 5.32 Å². The first kappa shape index (κ1) is 17.6. The third-order valence-electron chi connectivity index (χ3n) is 3.44. The van der Waals surface area contributed by atoms with E-state index in [4.69, 9.17) is 9.63 Å². The number of hydrogen-bond acceptors (Lipinski definition) is 5. The molecule has 0 aliphatic heterocycles. The first-order valence-electron chi connectivity index (χ1n) is 7.49. The van der Waals surface area contributed by atoms with Crippen LogP contribution in [0.1, 0.15) is 65.6 Å². The van der Waals surface area contributed by atoms with Gasteiger partial charge in [-0.2, -0.15) is 4.98 Å². The van der Waals surface area contributed by atoms with Crippen LogP contribution >= 0.6 is 0 Å². The average Bonchev–Trinajstić information content (AvgIpc) is 2.84. The Labute approximate surface area is 126 Å². The number of aliphatic carboxylic acids is 1. The predicted octanol–water partition coefficient (Wildman–Crippen LogP) is 2.74. The largest absolute Gasteiger partial charge is 0.481 e. The lowest BCUT2D eigenvalue weighted by atomic mass is 9.96. The Morgan fingerprint density at radius 1 is 1.33 bits per heavy atom. The highest BCUT2D eigenvalue weighted by Crippen LogP contribution is 2.18. The number of carbonyl (C=O) groups is 1. The predicted molar refractivity (Wildman–Crippen MR) is 80.0 cm³/mol. The van der Waals surface area contributed by atoms with Crippen LogP contribution in [0.25, 0.3) is 0 Å². The molecule has 6 heteroatoms. The maximum Gasteiger partial charge on any atom is 0.306 e. The molecule has 2 unspecified atom stereocenters. The maximum absolute atomic E-state index is 10.7. The minimum atomic E-state index is -0.726. The first-order valence-corrected chi connectivity index (χ1v) is 7.49. The van der Waals surface area contributed by atoms with Gasteiger partial charge in [0.1, 0.15) is 0 Å². The lowest BCUT2D eigenvalue weighted by Crippen LogP contribution is -2.26. The average molecular weight is 297 g/mol. The van der Waals surface area contributed by atoms with Crippen LogP contribution in [0.15, 0.2) is 4.52 Å². The smallest absolute Gasteiger partial charge is 0.306 e. The molecule has 0 fully saturated rings. The molecule has 0 saturated heterocycles. The van der Waals surface area contributed by atoms with Crippen LogP contribution in [0.3, 0.4) is 0 Å². The van der Waals surface area contributed by atoms with Crippen molar-refractivity contribution in [3.05, 3.63) is 11.7 Å². The minimum absolute atomic E-state index is 0.111. The van der Waals surface area contributed by atoms with Crippen molar-refractivity contribution in [2.75, 3.05) is 0 Å². The summed E-state index contributed by atoms with van der Waals surface area (Å²) in [6.45, 7) is 10.5. The lowest BCUT2D eigenvalue weighted by molar-refractivity contribution is -0.141. The summed E-state index contributed by atoms with van der Waals surface area (Å²) in [5, 5.41) is 16.1. The quantitative estimate of drug-likeness (QED) is 0.767. The zero-order chi connectivity index (χ0) is 16.0. The molecule has 0 radical (unpaired) electrons. The molecule has 6 nitrogen and oxygen atoms in total. The van der Waals surface area contributed by atoms with Gasteiger partial charge in [0.2, 0.25) is 5.89 Å². The zero-order valence-electron chi connectivity index (χ0n) is 13.6. The van der Waals surface area contributed by atoms with E-state index < -0.39 is 5.97 Å². The molecule has 0 saturated carbocycles. The molecule has 0 spiro atoms. The van der Waals surface area contributed by atoms with Gasteiger partial charge in [-0.3, -0.25) is 4.79 Å². The van der Waals surface area contributed by atoms with Gasteiger partial charge >= 0.3 is 5.97 Å². The zero-order valence-corrected chi connectivity index (χ0v) is 13.6. The van der Waals surface area contributed by atoms with Crippen molar-refractivity contribution >= 4 is 5.97 Å². The first-order chi connectivity index (χ1) is 9.70. The maximum atomic E-state index is 10.7. The van der Waals surface area contributed by atoms with Gasteiger partial charge in [-0.1, -0.05) is 39.3 Å². The number of hydrogen-bond donors (Lipinski definition) is 2. The Morgan fingerprint density at radius 3 is 2.52 bits per heavy atom. The Morgan fingerprint density at radius 2 is 2.00 bits per heavy atom. The van der Waals surface area contributed by atoms with Gasteiger partial charge < -0.3 is 14.9 Å². The fraction of sp³-hybridized carbons (Fsp3) is 0.800. The number of nitrogens with one attached hydrogen (secondary N) is 1. The second-order valence-electron chi connectivity index (χ2n) is 6.71. The summed E-state index contributed by atoms with van der Waals surface area (Å²) in [5.41, 5.74) is -0.111. The van der Waals surface area contributed by atoms with E-state index in [0.717, 1.165) is 12.8 Å². The standard InChI is InChI=1S/C15H27N3O3/c1-10(13(19)20)7-6-8-11(2)16-9-12-17-14(18-21-12)15(3,4)5/h10-11,16H,6-9H2,1-5H3,(H,19,20). The molecule has 1 aromatic rings. The Kier molecular flexibility index (Phi) is 6.33. The van der Waals surface area contributed by atoms with Gasteiger partial charge in [0.05, 0.1) is 12.5 Å². The summed E-state index contributed by atoms with van der Waals surface area (Å²) in [4.78, 5) is 15.1. The molecule has 0 aromatic carbocycles. The van der Waals surface area contributed by atoms with Gasteiger partial charge in [-0.05, 0) is 19.8 Å². The highest BCUT2D eigenvalue weighted by molar-refractivity contribution is 5.69. The van der Waals surface area contributed by atoms with Crippen molar-refractivity contribution in [2.24, 2.45) is 5.92 Å². The summed E-state index contributed by atoms with van der Waals surface area (Å²) in [6.07, 6.45) is 2.52. The third-order valence-corrected chi connectivity index (χ3v) is 3.44. The summed E-state index contributed by atoms with van der Waals surface area (Å²) in [6, 6.07) is 0.288. The molecule has 1 rings (SSSR count). The van der Waals surface area contributed by atoms with Crippen LogP contribution in [0.2, 0.25) is 0 Å². The molecule has 0 amide bonds. The monoisotopic (exact) mass is 297 g/mol. The second-order valence-corrected chi connectivity index (χ2v) is 6.71. The molecule has 2 N–H and O–H groups in total. The van der Waals surface area contributed by atoms with Crippen molar-refractivity contribution < 1.29 is 14.4 Å². The van der Waals surface area contributed by atoms with Crippen LogP contribution in [0, 0.1) is 5.92 Å². The van der Waals surface area contributed by atoms with E-state index in [1.807, 2.05) is 20.8 Å². The third kappa shape index (κ3) is 6.25. The van der Waals surface area contributed by atoms with Crippen LogP contribution in [-0.4, -0.2) is 27.3 Å². The topological polar surface area (TPSA) is 88.2 Å². The van der Waals surface area contributed by atoms with Gasteiger partial charge in [0.25, 0.3) is 0 Å². The molecule has 0 aliphatic rings. The minimum Gasteiger partial charge on any atom is -0.481 e. The van der Waals surface area contributed by atoms with Gasteiger partial charge in [0.15, 0.2) is 5.82 Å². The van der Waals surface area contributed by atoms with E-state index in [1.54, 1.807) is 6.92 Å². The number of carboxylic acids is 1. The lowest BCUT2D eigenvalue weighted by Gasteiger charge is -2.13. The van der Waals surface area contributed by atoms with E-state index >= 15 is 0 Å². The van der Waals surface area contributed by atoms with Crippen molar-refractivity contribution in [3.8, 4) is 0 Å². The van der Waals surface area contributed by atoms with E-state index in [-0.39, 0.29) is 17.4 Å². The number of nitrogens with zero attached hydrogens (tertiary/aromatic N) is 2. The summed E-state index contributed by atoms with van der Waals surface area (Å²) in [7, 11) is 0. The fourth-order valence-electron chi connectivity index (χ4n) is 1.85. The Bertz CT molecular complexity index is 451. The number of aromatic nitrogens is 2. The molecule has 0 bridgehead atoms. The van der Waals surface area contributed by atoms with Crippen molar-refractivity contribution in [3.63, 3.8) is 0 Å². The molecule has 120 valence electrons. The van der Waals surface area contributed by atoms with Gasteiger partial charge in [-0.15, -0.1) is 0 Å². The number of carboxylic acid groups (broad SMARTS) is 1. The highest BCUT2D eigenvalue weighted by atomic mass is 16.5. The normalized spacial score (nSPS) is 14.9. The van der Waals surface area contributed by atoms with E-state index in [0.29, 0.717) is 24.7 Å². The van der Waals surface area contributed by atoms with E-state index in [1.165, 1.54) is 0 Å². The van der Waals surface area contributed by atoms with Crippen LogP contribution in [-0.2, 0) is 16.8 Å². The van der Waals surface area contributed by atoms with Crippen molar-refractivity contribution in [1.29, 1.82) is 0 Å². The summed E-state index contributed by atoms with van der Waals surface area (Å²) < 4.78 is 5.21. The Hall–Kier alpha value is -1.43.